The van der Waals surface area contributed by atoms with E-state index < -0.39 is 14.6 Å². The lowest BCUT2D eigenvalue weighted by molar-refractivity contribution is -0.0600. The topological polar surface area (TPSA) is 32.9 Å². The fraction of sp³-hybridized carbons (Fsp3) is 0.938. The predicted molar refractivity (Wildman–Crippen MR) is 110 cm³/mol. The minimum atomic E-state index is -2.24. The van der Waals surface area contributed by atoms with Crippen LogP contribution in [0, 0.1) is 0 Å². The number of nitrogens with zero attached hydrogens (tertiary/aromatic N) is 4. The van der Waals surface area contributed by atoms with Crippen LogP contribution in [0.1, 0.15) is 55.4 Å². The summed E-state index contributed by atoms with van der Waals surface area (Å²) < 4.78 is 9.32. The second kappa shape index (κ2) is 9.06. The average molecular weight is 377 g/mol. The van der Waals surface area contributed by atoms with Crippen molar-refractivity contribution in [3.05, 3.63) is 0 Å². The van der Waals surface area contributed by atoms with Crippen molar-refractivity contribution in [1.29, 1.82) is 0 Å². The van der Waals surface area contributed by atoms with Gasteiger partial charge in [-0.2, -0.15) is 0 Å². The molecule has 0 aromatic heterocycles. The van der Waals surface area contributed by atoms with Gasteiger partial charge in [0.1, 0.15) is 4.79 Å². The smallest absolute Gasteiger partial charge is 0.342 e. The first-order chi connectivity index (χ1) is 10.2. The molecule has 0 aliphatic carbocycles. The summed E-state index contributed by atoms with van der Waals surface area (Å²) in [6.45, 7) is 24.2. The van der Waals surface area contributed by atoms with E-state index in [9.17, 15) is 0 Å². The largest absolute Gasteiger partial charge is 0.713 e. The molecule has 0 fully saturated rings. The van der Waals surface area contributed by atoms with Gasteiger partial charge < -0.3 is 12.2 Å². The monoisotopic (exact) mass is 376 g/mol. The van der Waals surface area contributed by atoms with E-state index >= 15 is 0 Å². The zero-order valence-electron chi connectivity index (χ0n) is 17.0. The van der Waals surface area contributed by atoms with Crippen LogP contribution < -0.4 is 0 Å². The van der Waals surface area contributed by atoms with E-state index in [1.807, 2.05) is 0 Å². The molecule has 0 atom stereocenters. The molecule has 0 heterocycles. The lowest BCUT2D eigenvalue weighted by Gasteiger charge is -2.53. The molecule has 0 aromatic rings. The first-order valence-electron chi connectivity index (χ1n) is 8.60. The summed E-state index contributed by atoms with van der Waals surface area (Å²) in [6, 6.07) is 1.37. The summed E-state index contributed by atoms with van der Waals surface area (Å²) in [4.78, 5) is 4.38. The molecule has 0 saturated carbocycles. The van der Waals surface area contributed by atoms with Crippen molar-refractivity contribution in [1.82, 2.24) is 9.34 Å². The second-order valence-electron chi connectivity index (χ2n) is 8.15. The molecule has 0 amide bonds. The molecule has 23 heavy (non-hydrogen) atoms. The summed E-state index contributed by atoms with van der Waals surface area (Å²) in [5.41, 5.74) is 3.35. The number of hydrogen-bond acceptors (Lipinski definition) is 4. The molecule has 0 aliphatic heterocycles. The average Bonchev–Trinajstić information content (AvgIpc) is 2.23. The Morgan fingerprint density at radius 2 is 1.13 bits per heavy atom. The van der Waals surface area contributed by atoms with Gasteiger partial charge in [0, 0.05) is 35.3 Å². The van der Waals surface area contributed by atoms with Crippen LogP contribution in [-0.4, -0.2) is 52.1 Å². The van der Waals surface area contributed by atoms with Crippen LogP contribution in [0.5, 0.6) is 0 Å². The van der Waals surface area contributed by atoms with Gasteiger partial charge in [-0.05, 0) is 75.0 Å². The molecular weight excluding hydrogens is 339 g/mol. The molecule has 0 N–H and O–H groups in total. The second-order valence-corrected chi connectivity index (χ2v) is 16.4. The Balaban J connectivity index is 6.62. The molecule has 4 nitrogen and oxygen atoms in total. The van der Waals surface area contributed by atoms with Crippen molar-refractivity contribution in [2.75, 3.05) is 0 Å². The molecule has 7 heteroatoms. The van der Waals surface area contributed by atoms with Gasteiger partial charge >= 0.3 is 5.59 Å². The molecule has 0 bridgehead atoms. The van der Waals surface area contributed by atoms with Crippen LogP contribution in [0.2, 0.25) is 19.6 Å². The quantitative estimate of drug-likeness (QED) is 0.158. The van der Waals surface area contributed by atoms with Crippen molar-refractivity contribution in [3.8, 4) is 0 Å². The van der Waals surface area contributed by atoms with Gasteiger partial charge in [0.2, 0.25) is 0 Å². The highest BCUT2D eigenvalue weighted by molar-refractivity contribution is 8.38. The first kappa shape index (κ1) is 23.2. The van der Waals surface area contributed by atoms with E-state index in [2.05, 4.69) is 99.5 Å². The Hall–Kier alpha value is 0.207. The maximum Gasteiger partial charge on any atom is 0.342 e. The van der Waals surface area contributed by atoms with Crippen LogP contribution >= 0.6 is 6.39 Å². The minimum Gasteiger partial charge on any atom is -0.713 e. The maximum absolute atomic E-state index is 6.25. The summed E-state index contributed by atoms with van der Waals surface area (Å²) in [7, 11) is -1.61. The normalized spacial score (nSPS) is 13.5. The van der Waals surface area contributed by atoms with Crippen LogP contribution in [0.25, 0.3) is 0 Å². The summed E-state index contributed by atoms with van der Waals surface area (Å²) in [5.74, 6) is 0. The highest BCUT2D eigenvalue weighted by atomic mass is 32.7. The fourth-order valence-corrected chi connectivity index (χ4v) is 8.81. The van der Waals surface area contributed by atoms with Gasteiger partial charge in [-0.1, -0.05) is 0 Å². The maximum atomic E-state index is 6.25. The zero-order chi connectivity index (χ0) is 18.6. The van der Waals surface area contributed by atoms with E-state index in [1.54, 1.807) is 0 Å². The van der Waals surface area contributed by atoms with Gasteiger partial charge in [0.15, 0.2) is 0 Å². The van der Waals surface area contributed by atoms with Crippen molar-refractivity contribution in [2.45, 2.75) is 99.2 Å². The highest BCUT2D eigenvalue weighted by Gasteiger charge is 2.32. The Labute approximate surface area is 150 Å². The van der Waals surface area contributed by atoms with Crippen LogP contribution in [-0.2, 0) is 12.2 Å². The Bertz CT molecular complexity index is 459. The summed E-state index contributed by atoms with van der Waals surface area (Å²) in [6.07, 6.45) is -2.24. The van der Waals surface area contributed by atoms with E-state index in [-0.39, 0.29) is 0 Å². The van der Waals surface area contributed by atoms with E-state index in [1.165, 1.54) is 0 Å². The molecule has 0 unspecified atom stereocenters. The van der Waals surface area contributed by atoms with Crippen molar-refractivity contribution >= 4 is 32.5 Å². The SMILES string of the molecule is CC(C)N(C(C)C)P([S-])(=C=[N+]=N[Si](C)(C)C)N(C(C)C)C(C)C. The summed E-state index contributed by atoms with van der Waals surface area (Å²) >= 11 is 6.25. The highest BCUT2D eigenvalue weighted by Crippen LogP contribution is 2.55. The van der Waals surface area contributed by atoms with Gasteiger partial charge in [-0.15, -0.1) is 0 Å². The minimum absolute atomic E-state index is 0.343. The number of hydrogen-bond donors (Lipinski definition) is 0. The lowest BCUT2D eigenvalue weighted by Crippen LogP contribution is -2.44. The van der Waals surface area contributed by atoms with Crippen molar-refractivity contribution < 1.29 is 4.79 Å². The van der Waals surface area contributed by atoms with Crippen molar-refractivity contribution in [2.24, 2.45) is 4.78 Å². The number of rotatable bonds is 7. The molecule has 0 radical (unpaired) electrons. The lowest BCUT2D eigenvalue weighted by atomic mass is 10.3. The van der Waals surface area contributed by atoms with E-state index in [0.29, 0.717) is 24.2 Å². The molecule has 0 aromatic carbocycles. The van der Waals surface area contributed by atoms with Crippen LogP contribution in [0.15, 0.2) is 4.78 Å². The van der Waals surface area contributed by atoms with Gasteiger partial charge in [0.25, 0.3) is 8.24 Å². The van der Waals surface area contributed by atoms with Gasteiger partial charge in [-0.25, -0.2) is 0 Å². The van der Waals surface area contributed by atoms with E-state index in [0.717, 1.165) is 0 Å². The molecule has 0 aliphatic rings. The summed E-state index contributed by atoms with van der Waals surface area (Å²) in [5, 5.41) is 0. The van der Waals surface area contributed by atoms with Gasteiger partial charge in [0.05, 0.1) is 0 Å². The molecule has 0 rings (SSSR count). The zero-order valence-corrected chi connectivity index (χ0v) is 19.7. The first-order valence-corrected chi connectivity index (χ1v) is 14.8. The van der Waals surface area contributed by atoms with Crippen molar-refractivity contribution in [3.63, 3.8) is 0 Å². The molecule has 0 saturated heterocycles. The molecule has 0 spiro atoms. The third-order valence-electron chi connectivity index (χ3n) is 3.27. The van der Waals surface area contributed by atoms with Crippen LogP contribution in [0.3, 0.4) is 0 Å². The Morgan fingerprint density at radius 1 is 0.826 bits per heavy atom. The standard InChI is InChI=1S/C16H37N4PSSi/c1-13(2)19(14(3)4)21(22,12-17-18-23(9,10)11)20(15(5)6)16(7)8/h13-16H,1-11H3. The van der Waals surface area contributed by atoms with Gasteiger partial charge in [-0.3, -0.25) is 9.34 Å². The Kier molecular flexibility index (Phi) is 9.14. The predicted octanol–water partition coefficient (Wildman–Crippen LogP) is 4.93. The third kappa shape index (κ3) is 6.92. The third-order valence-corrected chi connectivity index (χ3v) is 8.79. The molecular formula is C16H37N4PSSi. The Morgan fingerprint density at radius 3 is 1.35 bits per heavy atom. The molecule has 136 valence electrons. The van der Waals surface area contributed by atoms with Crippen LogP contribution in [0.4, 0.5) is 0 Å². The fourth-order valence-electron chi connectivity index (χ4n) is 2.90. The van der Waals surface area contributed by atoms with E-state index in [4.69, 9.17) is 12.2 Å².